The summed E-state index contributed by atoms with van der Waals surface area (Å²) in [5, 5.41) is 15.0. The Morgan fingerprint density at radius 3 is 2.20 bits per heavy atom. The van der Waals surface area contributed by atoms with Crippen LogP contribution in [0.5, 0.6) is 0 Å². The molecule has 35 heavy (non-hydrogen) atoms. The molecule has 2 unspecified atom stereocenters. The summed E-state index contributed by atoms with van der Waals surface area (Å²) in [4.78, 5) is 36.1. The van der Waals surface area contributed by atoms with Crippen molar-refractivity contribution in [1.29, 1.82) is 0 Å². The number of aliphatic carboxylic acids is 1. The van der Waals surface area contributed by atoms with Gasteiger partial charge in [0.05, 0.1) is 5.92 Å². The van der Waals surface area contributed by atoms with Crippen molar-refractivity contribution in [2.45, 2.75) is 44.9 Å². The van der Waals surface area contributed by atoms with E-state index in [2.05, 4.69) is 34.9 Å². The van der Waals surface area contributed by atoms with E-state index in [4.69, 9.17) is 4.74 Å². The first-order valence-corrected chi connectivity index (χ1v) is 12.5. The predicted molar refractivity (Wildman–Crippen MR) is 133 cm³/mol. The highest BCUT2D eigenvalue weighted by Gasteiger charge is 2.33. The van der Waals surface area contributed by atoms with Crippen molar-refractivity contribution in [1.82, 2.24) is 10.6 Å². The van der Waals surface area contributed by atoms with Gasteiger partial charge >= 0.3 is 12.1 Å². The van der Waals surface area contributed by atoms with Crippen LogP contribution in [0.25, 0.3) is 11.1 Å². The van der Waals surface area contributed by atoms with Gasteiger partial charge in [-0.3, -0.25) is 9.59 Å². The van der Waals surface area contributed by atoms with Crippen molar-refractivity contribution in [2.24, 2.45) is 17.8 Å². The van der Waals surface area contributed by atoms with E-state index in [9.17, 15) is 19.5 Å². The minimum atomic E-state index is -0.838. The van der Waals surface area contributed by atoms with Crippen LogP contribution in [0, 0.1) is 17.8 Å². The average molecular weight is 479 g/mol. The Morgan fingerprint density at radius 2 is 1.63 bits per heavy atom. The van der Waals surface area contributed by atoms with Crippen molar-refractivity contribution < 1.29 is 24.2 Å². The number of ether oxygens (including phenoxy) is 1. The van der Waals surface area contributed by atoms with E-state index in [1.54, 1.807) is 0 Å². The fourth-order valence-electron chi connectivity index (χ4n) is 5.06. The zero-order chi connectivity index (χ0) is 24.8. The maximum absolute atomic E-state index is 12.4. The maximum Gasteiger partial charge on any atom is 0.407 e. The third kappa shape index (κ3) is 5.84. The molecule has 3 N–H and O–H groups in total. The number of carbonyl (C=O) groups is 3. The lowest BCUT2D eigenvalue weighted by molar-refractivity contribution is -0.145. The zero-order valence-corrected chi connectivity index (χ0v) is 20.2. The molecule has 0 heterocycles. The molecule has 7 nitrogen and oxygen atoms in total. The molecular formula is C28H34N2O5. The molecule has 1 saturated carbocycles. The van der Waals surface area contributed by atoms with E-state index >= 15 is 0 Å². The van der Waals surface area contributed by atoms with Gasteiger partial charge in [-0.25, -0.2) is 4.79 Å². The van der Waals surface area contributed by atoms with Gasteiger partial charge in [0.1, 0.15) is 6.61 Å². The average Bonchev–Trinajstić information content (AvgIpc) is 3.15. The number of carboxylic acids is 1. The van der Waals surface area contributed by atoms with Gasteiger partial charge in [0, 0.05) is 24.9 Å². The summed E-state index contributed by atoms with van der Waals surface area (Å²) < 4.78 is 5.54. The Kier molecular flexibility index (Phi) is 8.06. The molecule has 0 saturated heterocycles. The lowest BCUT2D eigenvalue weighted by Crippen LogP contribution is -2.41. The monoisotopic (exact) mass is 478 g/mol. The van der Waals surface area contributed by atoms with Crippen LogP contribution in [0.1, 0.15) is 56.1 Å². The normalized spacial score (nSPS) is 16.4. The van der Waals surface area contributed by atoms with Gasteiger partial charge in [0.2, 0.25) is 5.91 Å². The minimum absolute atomic E-state index is 0.0198. The predicted octanol–water partition coefficient (Wildman–Crippen LogP) is 4.56. The Labute approximate surface area is 206 Å². The first kappa shape index (κ1) is 24.8. The number of amides is 2. The molecule has 7 heteroatoms. The van der Waals surface area contributed by atoms with Crippen LogP contribution in [0.2, 0.25) is 0 Å². The molecular weight excluding hydrogens is 444 g/mol. The third-order valence-corrected chi connectivity index (χ3v) is 7.41. The molecule has 2 aromatic carbocycles. The summed E-state index contributed by atoms with van der Waals surface area (Å²) in [6.07, 6.45) is 3.66. The number of benzene rings is 2. The summed E-state index contributed by atoms with van der Waals surface area (Å²) >= 11 is 0. The Balaban J connectivity index is 1.16. The molecule has 4 rings (SSSR count). The van der Waals surface area contributed by atoms with Crippen LogP contribution in [0.4, 0.5) is 4.79 Å². The van der Waals surface area contributed by atoms with Gasteiger partial charge in [-0.1, -0.05) is 61.9 Å². The number of carbonyl (C=O) groups excluding carboxylic acids is 2. The lowest BCUT2D eigenvalue weighted by Gasteiger charge is -2.31. The van der Waals surface area contributed by atoms with Gasteiger partial charge in [-0.2, -0.15) is 0 Å². The van der Waals surface area contributed by atoms with Gasteiger partial charge in [-0.15, -0.1) is 0 Å². The molecule has 2 amide bonds. The molecule has 0 aliphatic heterocycles. The van der Waals surface area contributed by atoms with Gasteiger partial charge in [-0.05, 0) is 53.9 Å². The second-order valence-electron chi connectivity index (χ2n) is 9.68. The van der Waals surface area contributed by atoms with E-state index in [0.717, 1.165) is 19.3 Å². The van der Waals surface area contributed by atoms with Crippen LogP contribution in [-0.4, -0.2) is 42.8 Å². The van der Waals surface area contributed by atoms with E-state index in [0.29, 0.717) is 19.4 Å². The summed E-state index contributed by atoms with van der Waals surface area (Å²) in [5.41, 5.74) is 4.71. The van der Waals surface area contributed by atoms with Crippen molar-refractivity contribution in [3.63, 3.8) is 0 Å². The molecule has 0 radical (unpaired) electrons. The highest BCUT2D eigenvalue weighted by Crippen LogP contribution is 2.44. The summed E-state index contributed by atoms with van der Waals surface area (Å²) in [5.74, 6) is -1.55. The Morgan fingerprint density at radius 1 is 1.00 bits per heavy atom. The molecule has 1 fully saturated rings. The molecule has 2 aliphatic rings. The number of carboxylic acid groups (broad SMARTS) is 1. The van der Waals surface area contributed by atoms with E-state index in [1.165, 1.54) is 22.3 Å². The first-order valence-electron chi connectivity index (χ1n) is 12.5. The van der Waals surface area contributed by atoms with Gasteiger partial charge in [0.15, 0.2) is 0 Å². The number of hydrogen-bond acceptors (Lipinski definition) is 4. The molecule has 0 spiro atoms. The summed E-state index contributed by atoms with van der Waals surface area (Å²) in [6.45, 7) is 2.68. The fourth-order valence-corrected chi connectivity index (χ4v) is 5.06. The Bertz CT molecular complexity index is 1020. The van der Waals surface area contributed by atoms with Crippen LogP contribution in [0.15, 0.2) is 48.5 Å². The van der Waals surface area contributed by atoms with Crippen molar-refractivity contribution in [2.75, 3.05) is 19.7 Å². The molecule has 0 bridgehead atoms. The first-order chi connectivity index (χ1) is 17.0. The highest BCUT2D eigenvalue weighted by atomic mass is 16.5. The number of alkyl carbamates (subject to hydrolysis) is 1. The Hall–Kier alpha value is -3.35. The van der Waals surface area contributed by atoms with Crippen LogP contribution >= 0.6 is 0 Å². The van der Waals surface area contributed by atoms with Crippen LogP contribution in [-0.2, 0) is 14.3 Å². The standard InChI is InChI=1S/C28H34N2O5/c1-18(26(31)30-16-24(27(32)33)19-9-6-10-19)8-7-15-29-28(34)35-17-25-22-13-4-2-11-20(22)21-12-3-5-14-23(21)25/h2-5,11-14,18-19,24-25H,6-10,15-17H2,1H3,(H,29,34)(H,30,31)(H,32,33). The second-order valence-corrected chi connectivity index (χ2v) is 9.68. The number of rotatable bonds is 11. The van der Waals surface area contributed by atoms with Crippen molar-refractivity contribution in [3.8, 4) is 11.1 Å². The second kappa shape index (κ2) is 11.4. The van der Waals surface area contributed by atoms with E-state index in [-0.39, 0.29) is 36.8 Å². The minimum Gasteiger partial charge on any atom is -0.481 e. The smallest absolute Gasteiger partial charge is 0.407 e. The van der Waals surface area contributed by atoms with E-state index in [1.807, 2.05) is 31.2 Å². The number of fused-ring (bicyclic) bond motifs is 3. The SMILES string of the molecule is CC(CCCNC(=O)OCC1c2ccccc2-c2ccccc21)C(=O)NCC(C(=O)O)C1CCC1. The molecule has 186 valence electrons. The van der Waals surface area contributed by atoms with Crippen molar-refractivity contribution in [3.05, 3.63) is 59.7 Å². The topological polar surface area (TPSA) is 105 Å². The van der Waals surface area contributed by atoms with Crippen LogP contribution in [0.3, 0.4) is 0 Å². The summed E-state index contributed by atoms with van der Waals surface area (Å²) in [6, 6.07) is 16.4. The van der Waals surface area contributed by atoms with E-state index < -0.39 is 18.0 Å². The van der Waals surface area contributed by atoms with Crippen molar-refractivity contribution >= 4 is 18.0 Å². The molecule has 0 aromatic heterocycles. The zero-order valence-electron chi connectivity index (χ0n) is 20.2. The molecule has 2 aromatic rings. The summed E-state index contributed by atoms with van der Waals surface area (Å²) in [7, 11) is 0. The largest absolute Gasteiger partial charge is 0.481 e. The maximum atomic E-state index is 12.4. The molecule has 2 atom stereocenters. The fraction of sp³-hybridized carbons (Fsp3) is 0.464. The number of nitrogens with one attached hydrogen (secondary N) is 2. The lowest BCUT2D eigenvalue weighted by atomic mass is 9.76. The highest BCUT2D eigenvalue weighted by molar-refractivity contribution is 5.80. The van der Waals surface area contributed by atoms with Gasteiger partial charge < -0.3 is 20.5 Å². The molecule has 2 aliphatic carbocycles. The van der Waals surface area contributed by atoms with Gasteiger partial charge in [0.25, 0.3) is 0 Å². The quantitative estimate of drug-likeness (QED) is 0.411. The van der Waals surface area contributed by atoms with Crippen LogP contribution < -0.4 is 10.6 Å². The number of hydrogen-bond donors (Lipinski definition) is 3. The third-order valence-electron chi connectivity index (χ3n) is 7.41.